The minimum atomic E-state index is -0.901. The first-order chi connectivity index (χ1) is 15.6. The van der Waals surface area contributed by atoms with Crippen LogP contribution in [0.4, 0.5) is 14.5 Å². The maximum atomic E-state index is 14.0. The van der Waals surface area contributed by atoms with Crippen LogP contribution in [0.2, 0.25) is 0 Å². The molecule has 0 atom stereocenters. The smallest absolute Gasteiger partial charge is 0.261 e. The average molecular weight is 427 g/mol. The van der Waals surface area contributed by atoms with Crippen molar-refractivity contribution in [1.82, 2.24) is 9.97 Å². The normalized spacial score (nSPS) is 12.4. The van der Waals surface area contributed by atoms with Crippen molar-refractivity contribution < 1.29 is 13.6 Å². The molecule has 0 aliphatic heterocycles. The van der Waals surface area contributed by atoms with Crippen LogP contribution < -0.4 is 5.32 Å². The number of rotatable bonds is 3. The first-order valence-electron chi connectivity index (χ1n) is 10.4. The van der Waals surface area contributed by atoms with Crippen LogP contribution in [0.3, 0.4) is 0 Å². The van der Waals surface area contributed by atoms with Crippen LogP contribution in [-0.2, 0) is 12.8 Å². The fourth-order valence-electron chi connectivity index (χ4n) is 4.12. The fraction of sp³-hybridized carbons (Fsp3) is 0.115. The van der Waals surface area contributed by atoms with E-state index >= 15 is 0 Å². The lowest BCUT2D eigenvalue weighted by Crippen LogP contribution is -2.16. The number of amides is 1. The summed E-state index contributed by atoms with van der Waals surface area (Å²) >= 11 is 0. The summed E-state index contributed by atoms with van der Waals surface area (Å²) in [5.41, 5.74) is 6.00. The summed E-state index contributed by atoms with van der Waals surface area (Å²) in [4.78, 5) is 21.3. The van der Waals surface area contributed by atoms with Crippen molar-refractivity contribution in [3.63, 3.8) is 0 Å². The molecule has 158 valence electrons. The van der Waals surface area contributed by atoms with E-state index in [9.17, 15) is 13.6 Å². The van der Waals surface area contributed by atoms with Crippen molar-refractivity contribution in [3.05, 3.63) is 102 Å². The molecule has 0 spiro atoms. The molecule has 0 radical (unpaired) electrons. The SMILES string of the molecule is O=C(Nc1cnc2c(c1)CCCc1ccc(-c3cccnc3)cc1-2)c1c(F)cccc1F. The number of benzene rings is 2. The van der Waals surface area contributed by atoms with Gasteiger partial charge in [0.2, 0.25) is 0 Å². The van der Waals surface area contributed by atoms with E-state index in [4.69, 9.17) is 0 Å². The van der Waals surface area contributed by atoms with Gasteiger partial charge in [0.05, 0.1) is 17.6 Å². The summed E-state index contributed by atoms with van der Waals surface area (Å²) in [7, 11) is 0. The van der Waals surface area contributed by atoms with E-state index in [1.54, 1.807) is 6.20 Å². The van der Waals surface area contributed by atoms with Gasteiger partial charge in [-0.1, -0.05) is 24.3 Å². The molecule has 2 aromatic heterocycles. The first-order valence-corrected chi connectivity index (χ1v) is 10.4. The van der Waals surface area contributed by atoms with Crippen LogP contribution >= 0.6 is 0 Å². The number of halogens is 2. The van der Waals surface area contributed by atoms with Crippen LogP contribution in [0, 0.1) is 11.6 Å². The second-order valence-corrected chi connectivity index (χ2v) is 7.75. The molecule has 0 unspecified atom stereocenters. The Kier molecular flexibility index (Phi) is 5.19. The van der Waals surface area contributed by atoms with Crippen molar-refractivity contribution in [2.45, 2.75) is 19.3 Å². The third kappa shape index (κ3) is 3.75. The first kappa shape index (κ1) is 20.0. The number of hydrogen-bond donors (Lipinski definition) is 1. The molecule has 2 aromatic carbocycles. The third-order valence-corrected chi connectivity index (χ3v) is 5.67. The third-order valence-electron chi connectivity index (χ3n) is 5.67. The average Bonchev–Trinajstić information content (AvgIpc) is 2.98. The van der Waals surface area contributed by atoms with Crippen molar-refractivity contribution >= 4 is 11.6 Å². The molecule has 5 rings (SSSR count). The molecule has 0 bridgehead atoms. The zero-order valence-corrected chi connectivity index (χ0v) is 17.1. The van der Waals surface area contributed by atoms with E-state index in [1.165, 1.54) is 17.8 Å². The highest BCUT2D eigenvalue weighted by Crippen LogP contribution is 2.35. The topological polar surface area (TPSA) is 54.9 Å². The summed E-state index contributed by atoms with van der Waals surface area (Å²) in [5.74, 6) is -2.64. The van der Waals surface area contributed by atoms with Crippen LogP contribution in [0.5, 0.6) is 0 Å². The Hall–Kier alpha value is -3.93. The van der Waals surface area contributed by atoms with Crippen molar-refractivity contribution in [2.24, 2.45) is 0 Å². The van der Waals surface area contributed by atoms with E-state index in [0.717, 1.165) is 59.3 Å². The summed E-state index contributed by atoms with van der Waals surface area (Å²) in [6.07, 6.45) is 7.74. The lowest BCUT2D eigenvalue weighted by molar-refractivity contribution is 0.101. The Morgan fingerprint density at radius 1 is 0.875 bits per heavy atom. The van der Waals surface area contributed by atoms with Gasteiger partial charge in [0.1, 0.15) is 17.2 Å². The van der Waals surface area contributed by atoms with Crippen molar-refractivity contribution in [2.75, 3.05) is 5.32 Å². The van der Waals surface area contributed by atoms with Gasteiger partial charge in [0.15, 0.2) is 0 Å². The summed E-state index contributed by atoms with van der Waals surface area (Å²) in [5, 5.41) is 2.58. The van der Waals surface area contributed by atoms with Gasteiger partial charge in [-0.3, -0.25) is 14.8 Å². The molecule has 1 aliphatic rings. The highest BCUT2D eigenvalue weighted by atomic mass is 19.1. The Morgan fingerprint density at radius 2 is 1.69 bits per heavy atom. The second kappa shape index (κ2) is 8.30. The highest BCUT2D eigenvalue weighted by Gasteiger charge is 2.20. The maximum Gasteiger partial charge on any atom is 0.261 e. The van der Waals surface area contributed by atoms with Crippen LogP contribution in [-0.4, -0.2) is 15.9 Å². The number of nitrogens with one attached hydrogen (secondary N) is 1. The fourth-order valence-corrected chi connectivity index (χ4v) is 4.12. The van der Waals surface area contributed by atoms with Crippen LogP contribution in [0.25, 0.3) is 22.4 Å². The zero-order chi connectivity index (χ0) is 22.1. The maximum absolute atomic E-state index is 14.0. The predicted molar refractivity (Wildman–Crippen MR) is 119 cm³/mol. The molecule has 4 aromatic rings. The molecule has 1 N–H and O–H groups in total. The molecule has 4 nitrogen and oxygen atoms in total. The Bertz CT molecular complexity index is 1300. The van der Waals surface area contributed by atoms with Gasteiger partial charge in [-0.15, -0.1) is 0 Å². The van der Waals surface area contributed by atoms with Gasteiger partial charge in [-0.25, -0.2) is 8.78 Å². The van der Waals surface area contributed by atoms with Crippen LogP contribution in [0.1, 0.15) is 27.9 Å². The number of nitrogens with zero attached hydrogens (tertiary/aromatic N) is 2. The Morgan fingerprint density at radius 3 is 2.47 bits per heavy atom. The highest BCUT2D eigenvalue weighted by molar-refractivity contribution is 6.04. The van der Waals surface area contributed by atoms with Crippen LogP contribution in [0.15, 0.2) is 73.2 Å². The van der Waals surface area contributed by atoms with E-state index in [1.807, 2.05) is 24.4 Å². The quantitative estimate of drug-likeness (QED) is 0.448. The Labute approximate surface area is 184 Å². The molecule has 1 amide bonds. The Balaban J connectivity index is 1.50. The number of carbonyl (C=O) groups is 1. The van der Waals surface area contributed by atoms with Crippen molar-refractivity contribution in [3.8, 4) is 22.4 Å². The molecular formula is C26H19F2N3O. The number of aryl methyl sites for hydroxylation is 2. The summed E-state index contributed by atoms with van der Waals surface area (Å²) < 4.78 is 27.9. The number of fused-ring (bicyclic) bond motifs is 3. The minimum absolute atomic E-state index is 0.406. The van der Waals surface area contributed by atoms with E-state index in [0.29, 0.717) is 5.69 Å². The van der Waals surface area contributed by atoms with E-state index < -0.39 is 23.1 Å². The molecule has 0 saturated heterocycles. The van der Waals surface area contributed by atoms with Gasteiger partial charge < -0.3 is 5.32 Å². The predicted octanol–water partition coefficient (Wildman–Crippen LogP) is 5.83. The molecule has 1 aliphatic carbocycles. The van der Waals surface area contributed by atoms with Gasteiger partial charge in [0, 0.05) is 23.5 Å². The standard InChI is InChI=1S/C26H19F2N3O/c27-22-7-2-8-23(28)24(22)26(32)31-20-12-18-5-1-4-16-9-10-17(19-6-3-11-29-14-19)13-21(16)25(18)30-15-20/h2-3,6-15H,1,4-5H2,(H,31,32). The monoisotopic (exact) mass is 427 g/mol. The second-order valence-electron chi connectivity index (χ2n) is 7.75. The zero-order valence-electron chi connectivity index (χ0n) is 17.1. The number of carbonyl (C=O) groups excluding carboxylic acids is 1. The number of pyridine rings is 2. The lowest BCUT2D eigenvalue weighted by atomic mass is 9.96. The molecule has 0 saturated carbocycles. The van der Waals surface area contributed by atoms with Gasteiger partial charge in [-0.05, 0) is 66.3 Å². The van der Waals surface area contributed by atoms with Gasteiger partial charge >= 0.3 is 0 Å². The molecule has 6 heteroatoms. The number of hydrogen-bond acceptors (Lipinski definition) is 3. The lowest BCUT2D eigenvalue weighted by Gasteiger charge is -2.13. The van der Waals surface area contributed by atoms with Gasteiger partial charge in [0.25, 0.3) is 5.91 Å². The van der Waals surface area contributed by atoms with Gasteiger partial charge in [-0.2, -0.15) is 0 Å². The largest absolute Gasteiger partial charge is 0.320 e. The molecule has 2 heterocycles. The van der Waals surface area contributed by atoms with E-state index in [2.05, 4.69) is 33.5 Å². The minimum Gasteiger partial charge on any atom is -0.320 e. The summed E-state index contributed by atoms with van der Waals surface area (Å²) in [6.45, 7) is 0. The molecule has 32 heavy (non-hydrogen) atoms. The summed E-state index contributed by atoms with van der Waals surface area (Å²) in [6, 6.07) is 15.4. The van der Waals surface area contributed by atoms with E-state index in [-0.39, 0.29) is 0 Å². The number of aromatic nitrogens is 2. The van der Waals surface area contributed by atoms with Crippen molar-refractivity contribution in [1.29, 1.82) is 0 Å². The molecular weight excluding hydrogens is 408 g/mol. The number of anilines is 1. The molecule has 0 fully saturated rings.